The fraction of sp³-hybridized carbons (Fsp3) is 0.125. The molecule has 1 aromatic carbocycles. The minimum Gasteiger partial charge on any atom is -0.258 e. The summed E-state index contributed by atoms with van der Waals surface area (Å²) in [6.07, 6.45) is 0. The molecule has 0 radical (unpaired) electrons. The Balaban J connectivity index is 3.42. The van der Waals surface area contributed by atoms with Gasteiger partial charge in [-0.1, -0.05) is 15.9 Å². The second kappa shape index (κ2) is 4.15. The van der Waals surface area contributed by atoms with Crippen LogP contribution in [0.2, 0.25) is 0 Å². The monoisotopic (exact) mass is 258 g/mol. The number of nitro groups is 1. The first-order valence-corrected chi connectivity index (χ1v) is 4.65. The highest BCUT2D eigenvalue weighted by molar-refractivity contribution is 9.08. The Bertz CT molecular complexity index is 428. The van der Waals surface area contributed by atoms with Crippen LogP contribution in [0.4, 0.5) is 10.1 Å². The predicted molar refractivity (Wildman–Crippen MR) is 50.4 cm³/mol. The van der Waals surface area contributed by atoms with Gasteiger partial charge in [0, 0.05) is 17.0 Å². The quantitative estimate of drug-likeness (QED) is 0.465. The minimum absolute atomic E-state index is 0.173. The van der Waals surface area contributed by atoms with Gasteiger partial charge in [0.15, 0.2) is 0 Å². The fourth-order valence-corrected chi connectivity index (χ4v) is 1.41. The van der Waals surface area contributed by atoms with Crippen molar-refractivity contribution >= 4 is 21.6 Å². The van der Waals surface area contributed by atoms with Crippen LogP contribution in [0.25, 0.3) is 0 Å². The van der Waals surface area contributed by atoms with Crippen LogP contribution < -0.4 is 0 Å². The Morgan fingerprint density at radius 3 is 2.71 bits per heavy atom. The van der Waals surface area contributed by atoms with Crippen molar-refractivity contribution in [2.45, 2.75) is 5.33 Å². The highest BCUT2D eigenvalue weighted by Crippen LogP contribution is 2.24. The van der Waals surface area contributed by atoms with Crippen LogP contribution in [0.5, 0.6) is 0 Å². The molecule has 4 nitrogen and oxygen atoms in total. The van der Waals surface area contributed by atoms with Gasteiger partial charge in [0.2, 0.25) is 0 Å². The molecule has 0 atom stereocenters. The molecule has 0 fully saturated rings. The van der Waals surface area contributed by atoms with Gasteiger partial charge in [-0.25, -0.2) is 4.39 Å². The Hall–Kier alpha value is -1.48. The molecule has 0 aliphatic carbocycles. The lowest BCUT2D eigenvalue weighted by atomic mass is 10.1. The molecule has 0 saturated heterocycles. The molecule has 0 N–H and O–H groups in total. The van der Waals surface area contributed by atoms with Gasteiger partial charge in [-0.05, 0) is 6.07 Å². The standard InChI is InChI=1S/C8H4BrFN2O2/c9-3-5-1-7(10)6(4-11)2-8(5)12(13)14/h1-2H,3H2. The number of benzene rings is 1. The van der Waals surface area contributed by atoms with E-state index in [9.17, 15) is 14.5 Å². The van der Waals surface area contributed by atoms with Crippen molar-refractivity contribution in [3.63, 3.8) is 0 Å². The van der Waals surface area contributed by atoms with E-state index in [0.717, 1.165) is 12.1 Å². The maximum atomic E-state index is 13.0. The number of hydrogen-bond donors (Lipinski definition) is 0. The minimum atomic E-state index is -0.743. The first kappa shape index (κ1) is 10.6. The van der Waals surface area contributed by atoms with Crippen LogP contribution in [0, 0.1) is 27.3 Å². The molecule has 0 aliphatic heterocycles. The summed E-state index contributed by atoms with van der Waals surface area (Å²) in [4.78, 5) is 9.87. The lowest BCUT2D eigenvalue weighted by Crippen LogP contribution is -1.96. The SMILES string of the molecule is N#Cc1cc([N+](=O)[O-])c(CBr)cc1F. The van der Waals surface area contributed by atoms with E-state index in [4.69, 9.17) is 5.26 Å². The van der Waals surface area contributed by atoms with Gasteiger partial charge in [0.05, 0.1) is 10.5 Å². The number of nitriles is 1. The highest BCUT2D eigenvalue weighted by Gasteiger charge is 2.17. The van der Waals surface area contributed by atoms with E-state index < -0.39 is 10.7 Å². The summed E-state index contributed by atoms with van der Waals surface area (Å²) in [5.41, 5.74) is -0.354. The number of hydrogen-bond acceptors (Lipinski definition) is 3. The van der Waals surface area contributed by atoms with E-state index in [1.165, 1.54) is 0 Å². The molecular weight excluding hydrogens is 255 g/mol. The van der Waals surface area contributed by atoms with E-state index >= 15 is 0 Å². The Morgan fingerprint density at radius 1 is 1.64 bits per heavy atom. The summed E-state index contributed by atoms with van der Waals surface area (Å²) >= 11 is 3.00. The van der Waals surface area contributed by atoms with Gasteiger partial charge in [-0.15, -0.1) is 0 Å². The number of rotatable bonds is 2. The summed E-state index contributed by atoms with van der Waals surface area (Å²) in [5, 5.41) is 19.1. The zero-order chi connectivity index (χ0) is 10.7. The first-order chi connectivity index (χ1) is 6.60. The third-order valence-corrected chi connectivity index (χ3v) is 2.23. The third kappa shape index (κ3) is 1.88. The van der Waals surface area contributed by atoms with Crippen molar-refractivity contribution in [1.29, 1.82) is 5.26 Å². The molecule has 72 valence electrons. The molecule has 14 heavy (non-hydrogen) atoms. The topological polar surface area (TPSA) is 66.9 Å². The normalized spacial score (nSPS) is 9.50. The van der Waals surface area contributed by atoms with Crippen molar-refractivity contribution in [3.05, 3.63) is 39.2 Å². The fourth-order valence-electron chi connectivity index (χ4n) is 0.966. The molecule has 0 spiro atoms. The summed E-state index contributed by atoms with van der Waals surface area (Å²) in [6.45, 7) is 0. The second-order valence-electron chi connectivity index (χ2n) is 2.46. The van der Waals surface area contributed by atoms with Crippen LogP contribution in [0.3, 0.4) is 0 Å². The third-order valence-electron chi connectivity index (χ3n) is 1.63. The van der Waals surface area contributed by atoms with Crippen LogP contribution in [0.15, 0.2) is 12.1 Å². The van der Waals surface area contributed by atoms with Crippen molar-refractivity contribution in [3.8, 4) is 6.07 Å². The molecule has 0 aromatic heterocycles. The van der Waals surface area contributed by atoms with Crippen molar-refractivity contribution < 1.29 is 9.31 Å². The maximum Gasteiger partial charge on any atom is 0.274 e. The molecule has 0 heterocycles. The average Bonchev–Trinajstić information content (AvgIpc) is 2.16. The molecule has 1 aromatic rings. The maximum absolute atomic E-state index is 13.0. The van der Waals surface area contributed by atoms with E-state index in [1.54, 1.807) is 6.07 Å². The van der Waals surface area contributed by atoms with Crippen LogP contribution >= 0.6 is 15.9 Å². The molecule has 1 rings (SSSR count). The smallest absolute Gasteiger partial charge is 0.258 e. The zero-order valence-corrected chi connectivity index (χ0v) is 8.41. The largest absolute Gasteiger partial charge is 0.274 e. The molecule has 6 heteroatoms. The summed E-state index contributed by atoms with van der Waals surface area (Å²) in [7, 11) is 0. The van der Waals surface area contributed by atoms with Gasteiger partial charge >= 0.3 is 0 Å². The number of halogens is 2. The Kier molecular flexibility index (Phi) is 3.14. The summed E-state index contributed by atoms with van der Waals surface area (Å²) in [6, 6.07) is 3.48. The van der Waals surface area contributed by atoms with Crippen molar-refractivity contribution in [2.24, 2.45) is 0 Å². The summed E-state index contributed by atoms with van der Waals surface area (Å²) in [5.74, 6) is -0.743. The van der Waals surface area contributed by atoms with Gasteiger partial charge in [0.1, 0.15) is 11.9 Å². The lowest BCUT2D eigenvalue weighted by Gasteiger charge is -2.00. The van der Waals surface area contributed by atoms with Gasteiger partial charge < -0.3 is 0 Å². The molecule has 0 saturated carbocycles. The first-order valence-electron chi connectivity index (χ1n) is 3.53. The molecule has 0 unspecified atom stereocenters. The van der Waals surface area contributed by atoms with Gasteiger partial charge in [-0.3, -0.25) is 10.1 Å². The van der Waals surface area contributed by atoms with E-state index in [2.05, 4.69) is 15.9 Å². The highest BCUT2D eigenvalue weighted by atomic mass is 79.9. The molecule has 0 amide bonds. The van der Waals surface area contributed by atoms with Crippen molar-refractivity contribution in [2.75, 3.05) is 0 Å². The molecule has 0 aliphatic rings. The zero-order valence-electron chi connectivity index (χ0n) is 6.83. The predicted octanol–water partition coefficient (Wildman–Crippen LogP) is 2.50. The molecular formula is C8H4BrFN2O2. The number of alkyl halides is 1. The Labute approximate surface area is 87.2 Å². The number of nitrogens with zero attached hydrogens (tertiary/aromatic N) is 2. The van der Waals surface area contributed by atoms with Gasteiger partial charge in [-0.2, -0.15) is 5.26 Å². The van der Waals surface area contributed by atoms with E-state index in [0.29, 0.717) is 0 Å². The lowest BCUT2D eigenvalue weighted by molar-refractivity contribution is -0.385. The average molecular weight is 259 g/mol. The summed E-state index contributed by atoms with van der Waals surface area (Å²) < 4.78 is 13.0. The van der Waals surface area contributed by atoms with E-state index in [1.807, 2.05) is 0 Å². The van der Waals surface area contributed by atoms with Gasteiger partial charge in [0.25, 0.3) is 5.69 Å². The van der Waals surface area contributed by atoms with Crippen LogP contribution in [0.1, 0.15) is 11.1 Å². The van der Waals surface area contributed by atoms with E-state index in [-0.39, 0.29) is 22.1 Å². The van der Waals surface area contributed by atoms with Crippen LogP contribution in [-0.2, 0) is 5.33 Å². The molecule has 0 bridgehead atoms. The van der Waals surface area contributed by atoms with Crippen LogP contribution in [-0.4, -0.2) is 4.92 Å². The second-order valence-corrected chi connectivity index (χ2v) is 3.02. The Morgan fingerprint density at radius 2 is 2.29 bits per heavy atom. The number of nitro benzene ring substituents is 1. The van der Waals surface area contributed by atoms with Crippen molar-refractivity contribution in [1.82, 2.24) is 0 Å².